The molecule has 3 aromatic heterocycles. The van der Waals surface area contributed by atoms with Gasteiger partial charge in [0.1, 0.15) is 10.3 Å². The number of nitrogens with zero attached hydrogens (tertiary/aromatic N) is 4. The lowest BCUT2D eigenvalue weighted by molar-refractivity contribution is -0.0376. The van der Waals surface area contributed by atoms with Gasteiger partial charge in [-0.3, -0.25) is 9.59 Å². The summed E-state index contributed by atoms with van der Waals surface area (Å²) < 4.78 is 14.0. The fourth-order valence-electron chi connectivity index (χ4n) is 7.17. The molecule has 1 saturated heterocycles. The van der Waals surface area contributed by atoms with E-state index in [1.807, 2.05) is 43.3 Å². The van der Waals surface area contributed by atoms with E-state index in [0.29, 0.717) is 42.3 Å². The molecule has 4 aromatic rings. The number of carbonyl (C=O) groups is 1. The molecule has 11 heteroatoms. The maximum absolute atomic E-state index is 14.0. The second-order valence-electron chi connectivity index (χ2n) is 15.0. The smallest absolute Gasteiger partial charge is 0.283 e. The third kappa shape index (κ3) is 7.86. The van der Waals surface area contributed by atoms with Crippen molar-refractivity contribution in [1.29, 1.82) is 0 Å². The number of nitrogens with one attached hydrogen (secondary N) is 2. The lowest BCUT2D eigenvalue weighted by Crippen LogP contribution is -2.50. The number of H-pyrrole nitrogens is 1. The number of aromatic amines is 1. The molecule has 1 aliphatic heterocycles. The van der Waals surface area contributed by atoms with Crippen molar-refractivity contribution in [2.24, 2.45) is 11.3 Å². The molecule has 2 atom stereocenters. The molecular formula is C37H47FN6O3S. The number of piperidine rings is 1. The van der Waals surface area contributed by atoms with Crippen LogP contribution >= 0.6 is 11.3 Å². The Morgan fingerprint density at radius 1 is 1.17 bits per heavy atom. The summed E-state index contributed by atoms with van der Waals surface area (Å²) in [4.78, 5) is 42.6. The number of likely N-dealkylation sites (tertiary alicyclic amines) is 1. The fourth-order valence-corrected chi connectivity index (χ4v) is 8.02. The Bertz CT molecular complexity index is 1820. The predicted molar refractivity (Wildman–Crippen MR) is 189 cm³/mol. The number of aromatic nitrogens is 3. The van der Waals surface area contributed by atoms with Crippen molar-refractivity contribution in [3.63, 3.8) is 0 Å². The number of hydrogen-bond donors (Lipinski definition) is 3. The maximum atomic E-state index is 14.0. The first-order chi connectivity index (χ1) is 22.8. The van der Waals surface area contributed by atoms with Crippen LogP contribution in [0.2, 0.25) is 0 Å². The molecule has 3 N–H and O–H groups in total. The van der Waals surface area contributed by atoms with Gasteiger partial charge in [0.05, 0.1) is 11.6 Å². The second kappa shape index (κ2) is 13.8. The highest BCUT2D eigenvalue weighted by Gasteiger charge is 2.33. The molecule has 48 heavy (non-hydrogen) atoms. The van der Waals surface area contributed by atoms with Crippen LogP contribution in [0.3, 0.4) is 0 Å². The van der Waals surface area contributed by atoms with Crippen LogP contribution < -0.4 is 10.9 Å². The van der Waals surface area contributed by atoms with Crippen molar-refractivity contribution in [2.75, 3.05) is 40.3 Å². The Morgan fingerprint density at radius 3 is 2.56 bits per heavy atom. The Kier molecular flexibility index (Phi) is 9.86. The van der Waals surface area contributed by atoms with E-state index in [1.54, 1.807) is 0 Å². The van der Waals surface area contributed by atoms with Gasteiger partial charge < -0.3 is 25.2 Å². The molecule has 0 bridgehead atoms. The summed E-state index contributed by atoms with van der Waals surface area (Å²) in [5, 5.41) is 14.7. The van der Waals surface area contributed by atoms with Crippen molar-refractivity contribution in [3.8, 4) is 11.1 Å². The average Bonchev–Trinajstić information content (AvgIpc) is 3.46. The van der Waals surface area contributed by atoms with Gasteiger partial charge in [-0.1, -0.05) is 56.4 Å². The van der Waals surface area contributed by atoms with Crippen molar-refractivity contribution in [3.05, 3.63) is 80.6 Å². The standard InChI is InChI=1S/C37H47FN6O3S/c1-36(2,3)27-10-11-29-25(18-27)20-31-34(41-29)48-35(42-31)33(46)40-30(12-15-44-16-13-37(47,14-17-44)22-43(4)5)24-8-6-23(7-9-24)26-19-28(38)32(45)39-21-26/h6-9,19-21,27,30,47H,10-18,22H2,1-5H3,(H,39,45)(H,40,46)/t27-,30+/m0/s1. The van der Waals surface area contributed by atoms with Gasteiger partial charge >= 0.3 is 0 Å². The lowest BCUT2D eigenvalue weighted by Gasteiger charge is -2.40. The van der Waals surface area contributed by atoms with Crippen molar-refractivity contribution in [1.82, 2.24) is 30.1 Å². The molecule has 6 rings (SSSR count). The second-order valence-corrected chi connectivity index (χ2v) is 16.0. The molecule has 4 heterocycles. The molecular weight excluding hydrogens is 628 g/mol. The largest absolute Gasteiger partial charge is 0.388 e. The molecule has 0 unspecified atom stereocenters. The molecule has 0 saturated carbocycles. The number of hydrogen-bond acceptors (Lipinski definition) is 8. The summed E-state index contributed by atoms with van der Waals surface area (Å²) in [6.07, 6.45) is 6.60. The van der Waals surface area contributed by atoms with Crippen molar-refractivity contribution >= 4 is 27.6 Å². The summed E-state index contributed by atoms with van der Waals surface area (Å²) in [6.45, 7) is 9.84. The van der Waals surface area contributed by atoms with E-state index in [9.17, 15) is 19.1 Å². The quantitative estimate of drug-likeness (QED) is 0.212. The maximum Gasteiger partial charge on any atom is 0.283 e. The van der Waals surface area contributed by atoms with E-state index >= 15 is 0 Å². The number of rotatable bonds is 9. The fraction of sp³-hybridized carbons (Fsp3) is 0.514. The van der Waals surface area contributed by atoms with Gasteiger partial charge in [0, 0.05) is 43.6 Å². The van der Waals surface area contributed by atoms with E-state index in [0.717, 1.165) is 66.1 Å². The predicted octanol–water partition coefficient (Wildman–Crippen LogP) is 5.59. The molecule has 0 spiro atoms. The number of pyridine rings is 2. The number of thiazole rings is 1. The monoisotopic (exact) mass is 674 g/mol. The van der Waals surface area contributed by atoms with Crippen LogP contribution in [-0.4, -0.2) is 81.6 Å². The van der Waals surface area contributed by atoms with Gasteiger partial charge in [0.15, 0.2) is 10.8 Å². The Labute approximate surface area is 285 Å². The van der Waals surface area contributed by atoms with Gasteiger partial charge in [0.25, 0.3) is 11.5 Å². The van der Waals surface area contributed by atoms with E-state index < -0.39 is 17.0 Å². The van der Waals surface area contributed by atoms with E-state index in [1.165, 1.54) is 29.2 Å². The zero-order chi connectivity index (χ0) is 34.2. The molecule has 1 amide bonds. The van der Waals surface area contributed by atoms with Crippen LogP contribution in [0, 0.1) is 17.2 Å². The summed E-state index contributed by atoms with van der Waals surface area (Å²) in [5.74, 6) is -0.483. The Hall–Kier alpha value is -3.51. The number of amides is 1. The number of aryl methyl sites for hydroxylation is 1. The summed E-state index contributed by atoms with van der Waals surface area (Å²) in [6, 6.07) is 10.7. The van der Waals surface area contributed by atoms with Crippen LogP contribution in [0.25, 0.3) is 21.5 Å². The van der Waals surface area contributed by atoms with Crippen molar-refractivity contribution in [2.45, 2.75) is 70.9 Å². The minimum absolute atomic E-state index is 0.227. The third-order valence-electron chi connectivity index (χ3n) is 10.1. The number of aliphatic hydroxyl groups is 1. The summed E-state index contributed by atoms with van der Waals surface area (Å²) >= 11 is 1.33. The highest BCUT2D eigenvalue weighted by molar-refractivity contribution is 7.19. The first kappa shape index (κ1) is 34.4. The number of benzene rings is 1. The lowest BCUT2D eigenvalue weighted by atomic mass is 9.71. The number of carbonyl (C=O) groups excluding carboxylic acids is 1. The van der Waals surface area contributed by atoms with Gasteiger partial charge in [-0.15, -0.1) is 0 Å². The summed E-state index contributed by atoms with van der Waals surface area (Å²) in [5.41, 5.74) is 4.16. The van der Waals surface area contributed by atoms with Crippen molar-refractivity contribution < 1.29 is 14.3 Å². The molecule has 1 fully saturated rings. The minimum atomic E-state index is -0.832. The van der Waals surface area contributed by atoms with Gasteiger partial charge in [-0.05, 0) is 92.8 Å². The van der Waals surface area contributed by atoms with Gasteiger partial charge in [-0.2, -0.15) is 0 Å². The van der Waals surface area contributed by atoms with E-state index in [2.05, 4.69) is 42.0 Å². The Morgan fingerprint density at radius 2 is 1.90 bits per heavy atom. The first-order valence-electron chi connectivity index (χ1n) is 16.9. The molecule has 9 nitrogen and oxygen atoms in total. The SMILES string of the molecule is CN(C)CC1(O)CCN(CC[C@@H](NC(=O)c2nc3cc4c(nc3s2)CC[C@H](C(C)(C)C)C4)c2ccc(-c3c[nH]c(=O)c(F)c3)cc2)CC1. The molecule has 1 aliphatic carbocycles. The zero-order valence-electron chi connectivity index (χ0n) is 28.6. The number of halogens is 1. The normalized spacial score (nSPS) is 19.0. The highest BCUT2D eigenvalue weighted by atomic mass is 32.1. The number of fused-ring (bicyclic) bond motifs is 2. The molecule has 0 radical (unpaired) electrons. The zero-order valence-corrected chi connectivity index (χ0v) is 29.4. The Balaban J connectivity index is 1.20. The minimum Gasteiger partial charge on any atom is -0.388 e. The van der Waals surface area contributed by atoms with Gasteiger partial charge in [-0.25, -0.2) is 14.4 Å². The summed E-state index contributed by atoms with van der Waals surface area (Å²) in [7, 11) is 3.96. The van der Waals surface area contributed by atoms with E-state index in [4.69, 9.17) is 9.97 Å². The molecule has 1 aromatic carbocycles. The molecule has 2 aliphatic rings. The topological polar surface area (TPSA) is 114 Å². The van der Waals surface area contributed by atoms with Crippen LogP contribution in [-0.2, 0) is 12.8 Å². The van der Waals surface area contributed by atoms with Crippen LogP contribution in [0.4, 0.5) is 4.39 Å². The third-order valence-corrected chi connectivity index (χ3v) is 11.1. The van der Waals surface area contributed by atoms with E-state index in [-0.39, 0.29) is 17.4 Å². The average molecular weight is 675 g/mol. The van der Waals surface area contributed by atoms with Crippen LogP contribution in [0.15, 0.2) is 47.4 Å². The van der Waals surface area contributed by atoms with Gasteiger partial charge in [0.2, 0.25) is 0 Å². The van der Waals surface area contributed by atoms with Crippen LogP contribution in [0.5, 0.6) is 0 Å². The number of likely N-dealkylation sites (N-methyl/N-ethyl adjacent to an activating group) is 1. The highest BCUT2D eigenvalue weighted by Crippen LogP contribution is 2.38. The first-order valence-corrected chi connectivity index (χ1v) is 17.8. The molecule has 256 valence electrons. The van der Waals surface area contributed by atoms with Crippen LogP contribution in [0.1, 0.15) is 79.1 Å².